The van der Waals surface area contributed by atoms with Gasteiger partial charge in [-0.05, 0) is 30.5 Å². The minimum Gasteiger partial charge on any atom is -0.506 e. The summed E-state index contributed by atoms with van der Waals surface area (Å²) in [5.41, 5.74) is 7.68. The lowest BCUT2D eigenvalue weighted by Gasteiger charge is -2.09. The van der Waals surface area contributed by atoms with Gasteiger partial charge in [-0.1, -0.05) is 38.0 Å². The van der Waals surface area contributed by atoms with Crippen LogP contribution in [0.25, 0.3) is 11.3 Å². The predicted molar refractivity (Wildman–Crippen MR) is 83.1 cm³/mol. The molecule has 0 aliphatic carbocycles. The topological polar surface area (TPSA) is 76.2 Å². The molecular weight excluding hydrogens is 264 g/mol. The number of pyridine rings is 1. The van der Waals surface area contributed by atoms with Crippen LogP contribution in [0.3, 0.4) is 0 Å². The van der Waals surface area contributed by atoms with Gasteiger partial charge in [0.05, 0.1) is 0 Å². The summed E-state index contributed by atoms with van der Waals surface area (Å²) in [5.74, 6) is -0.448. The smallest absolute Gasteiger partial charge is 0.249 e. The van der Waals surface area contributed by atoms with E-state index in [9.17, 15) is 9.90 Å². The van der Waals surface area contributed by atoms with Crippen LogP contribution in [0.5, 0.6) is 5.75 Å². The van der Waals surface area contributed by atoms with E-state index >= 15 is 0 Å². The number of carbonyl (C=O) groups is 1. The van der Waals surface area contributed by atoms with Crippen molar-refractivity contribution in [2.45, 2.75) is 32.6 Å². The fourth-order valence-electron chi connectivity index (χ4n) is 2.32. The molecule has 21 heavy (non-hydrogen) atoms. The Hall–Kier alpha value is -2.36. The number of primary amides is 1. The first-order valence-corrected chi connectivity index (χ1v) is 7.20. The average Bonchev–Trinajstić information content (AvgIpc) is 2.48. The Morgan fingerprint density at radius 2 is 2.05 bits per heavy atom. The largest absolute Gasteiger partial charge is 0.506 e. The van der Waals surface area contributed by atoms with Crippen LogP contribution in [-0.2, 0) is 6.42 Å². The van der Waals surface area contributed by atoms with Crippen molar-refractivity contribution >= 4 is 5.91 Å². The van der Waals surface area contributed by atoms with Gasteiger partial charge in [0.1, 0.15) is 11.4 Å². The molecule has 1 heterocycles. The van der Waals surface area contributed by atoms with E-state index in [-0.39, 0.29) is 5.75 Å². The molecule has 0 saturated carbocycles. The van der Waals surface area contributed by atoms with Crippen molar-refractivity contribution in [1.82, 2.24) is 4.98 Å². The fraction of sp³-hybridized carbons (Fsp3) is 0.294. The van der Waals surface area contributed by atoms with Crippen LogP contribution < -0.4 is 5.73 Å². The molecule has 2 aromatic rings. The zero-order chi connectivity index (χ0) is 15.2. The van der Waals surface area contributed by atoms with E-state index in [4.69, 9.17) is 5.73 Å². The lowest BCUT2D eigenvalue weighted by molar-refractivity contribution is 0.100. The SMILES string of the molecule is CCCCCc1cnc(-c2ccccc2C(N)=O)c(O)c1. The van der Waals surface area contributed by atoms with Crippen LogP contribution in [-0.4, -0.2) is 16.0 Å². The number of nitrogens with two attached hydrogens (primary N) is 1. The molecule has 0 atom stereocenters. The minimum atomic E-state index is -0.529. The van der Waals surface area contributed by atoms with Crippen LogP contribution >= 0.6 is 0 Å². The monoisotopic (exact) mass is 284 g/mol. The molecule has 1 amide bonds. The van der Waals surface area contributed by atoms with Gasteiger partial charge >= 0.3 is 0 Å². The molecule has 0 aliphatic heterocycles. The van der Waals surface area contributed by atoms with Crippen molar-refractivity contribution in [2.75, 3.05) is 0 Å². The highest BCUT2D eigenvalue weighted by molar-refractivity contribution is 5.99. The molecule has 1 aromatic carbocycles. The number of aromatic nitrogens is 1. The van der Waals surface area contributed by atoms with Gasteiger partial charge in [0, 0.05) is 17.3 Å². The lowest BCUT2D eigenvalue weighted by atomic mass is 10.0. The van der Waals surface area contributed by atoms with Crippen LogP contribution in [0.1, 0.15) is 42.1 Å². The number of aryl methyl sites for hydroxylation is 1. The molecule has 110 valence electrons. The first-order chi connectivity index (χ1) is 10.1. The number of amides is 1. The summed E-state index contributed by atoms with van der Waals surface area (Å²) < 4.78 is 0. The Kier molecular flexibility index (Phi) is 4.93. The second-order valence-electron chi connectivity index (χ2n) is 5.08. The third kappa shape index (κ3) is 3.60. The van der Waals surface area contributed by atoms with E-state index in [0.717, 1.165) is 31.2 Å². The first kappa shape index (κ1) is 15.0. The quantitative estimate of drug-likeness (QED) is 0.799. The second-order valence-corrected chi connectivity index (χ2v) is 5.08. The van der Waals surface area contributed by atoms with Gasteiger partial charge in [-0.2, -0.15) is 0 Å². The summed E-state index contributed by atoms with van der Waals surface area (Å²) in [6.45, 7) is 2.15. The maximum absolute atomic E-state index is 11.5. The highest BCUT2D eigenvalue weighted by Gasteiger charge is 2.14. The molecule has 4 nitrogen and oxygen atoms in total. The van der Waals surface area contributed by atoms with Gasteiger partial charge in [0.2, 0.25) is 5.91 Å². The molecule has 0 spiro atoms. The van der Waals surface area contributed by atoms with Gasteiger partial charge in [-0.15, -0.1) is 0 Å². The predicted octanol–water partition coefficient (Wildman–Crippen LogP) is 3.29. The lowest BCUT2D eigenvalue weighted by Crippen LogP contribution is -2.12. The van der Waals surface area contributed by atoms with Crippen LogP contribution in [0.4, 0.5) is 0 Å². The van der Waals surface area contributed by atoms with Crippen LogP contribution in [0.15, 0.2) is 36.5 Å². The number of carbonyl (C=O) groups excluding carboxylic acids is 1. The maximum atomic E-state index is 11.5. The number of benzene rings is 1. The summed E-state index contributed by atoms with van der Waals surface area (Å²) in [4.78, 5) is 15.8. The molecule has 4 heteroatoms. The van der Waals surface area contributed by atoms with Gasteiger partial charge in [-0.3, -0.25) is 9.78 Å². The summed E-state index contributed by atoms with van der Waals surface area (Å²) in [5, 5.41) is 10.2. The van der Waals surface area contributed by atoms with Gasteiger partial charge in [0.15, 0.2) is 0 Å². The number of hydrogen-bond donors (Lipinski definition) is 2. The number of rotatable bonds is 6. The fourth-order valence-corrected chi connectivity index (χ4v) is 2.32. The van der Waals surface area contributed by atoms with Crippen molar-refractivity contribution in [3.63, 3.8) is 0 Å². The Balaban J connectivity index is 2.31. The third-order valence-corrected chi connectivity index (χ3v) is 3.44. The summed E-state index contributed by atoms with van der Waals surface area (Å²) in [6.07, 6.45) is 6.04. The van der Waals surface area contributed by atoms with E-state index in [1.54, 1.807) is 36.5 Å². The zero-order valence-corrected chi connectivity index (χ0v) is 12.2. The van der Waals surface area contributed by atoms with E-state index in [2.05, 4.69) is 11.9 Å². The molecule has 0 fully saturated rings. The Morgan fingerprint density at radius 3 is 2.71 bits per heavy atom. The number of aromatic hydroxyl groups is 1. The number of unbranched alkanes of at least 4 members (excludes halogenated alkanes) is 2. The molecule has 0 saturated heterocycles. The third-order valence-electron chi connectivity index (χ3n) is 3.44. The minimum absolute atomic E-state index is 0.0812. The van der Waals surface area contributed by atoms with E-state index in [1.165, 1.54) is 0 Å². The van der Waals surface area contributed by atoms with Gasteiger partial charge < -0.3 is 10.8 Å². The molecule has 0 radical (unpaired) electrons. The molecule has 1 aromatic heterocycles. The molecule has 3 N–H and O–H groups in total. The molecule has 0 unspecified atom stereocenters. The maximum Gasteiger partial charge on any atom is 0.249 e. The Morgan fingerprint density at radius 1 is 1.29 bits per heavy atom. The van der Waals surface area contributed by atoms with Crippen molar-refractivity contribution in [1.29, 1.82) is 0 Å². The van der Waals surface area contributed by atoms with Gasteiger partial charge in [0.25, 0.3) is 0 Å². The first-order valence-electron chi connectivity index (χ1n) is 7.20. The summed E-state index contributed by atoms with van der Waals surface area (Å²) in [6, 6.07) is 8.61. The van der Waals surface area contributed by atoms with Crippen molar-refractivity contribution in [2.24, 2.45) is 5.73 Å². The average molecular weight is 284 g/mol. The molecule has 0 aliphatic rings. The second kappa shape index (κ2) is 6.88. The van der Waals surface area contributed by atoms with E-state index < -0.39 is 5.91 Å². The number of hydrogen-bond acceptors (Lipinski definition) is 3. The van der Waals surface area contributed by atoms with E-state index in [1.807, 2.05) is 0 Å². The Bertz CT molecular complexity index is 638. The molecule has 0 bridgehead atoms. The normalized spacial score (nSPS) is 10.5. The standard InChI is InChI=1S/C17H20N2O2/c1-2-3-4-7-12-10-15(20)16(19-11-12)13-8-5-6-9-14(13)17(18)21/h5-6,8-11,20H,2-4,7H2,1H3,(H2,18,21). The molecule has 2 rings (SSSR count). The van der Waals surface area contributed by atoms with Crippen molar-refractivity contribution < 1.29 is 9.90 Å². The summed E-state index contributed by atoms with van der Waals surface area (Å²) in [7, 11) is 0. The van der Waals surface area contributed by atoms with Crippen molar-refractivity contribution in [3.05, 3.63) is 47.7 Å². The Labute approximate surface area is 124 Å². The molecular formula is C17H20N2O2. The number of nitrogens with zero attached hydrogens (tertiary/aromatic N) is 1. The highest BCUT2D eigenvalue weighted by Crippen LogP contribution is 2.30. The van der Waals surface area contributed by atoms with Crippen molar-refractivity contribution in [3.8, 4) is 17.0 Å². The van der Waals surface area contributed by atoms with E-state index in [0.29, 0.717) is 16.8 Å². The van der Waals surface area contributed by atoms with Gasteiger partial charge in [-0.25, -0.2) is 0 Å². The zero-order valence-electron chi connectivity index (χ0n) is 12.2. The highest BCUT2D eigenvalue weighted by atomic mass is 16.3. The summed E-state index contributed by atoms with van der Waals surface area (Å²) >= 11 is 0. The van der Waals surface area contributed by atoms with Crippen LogP contribution in [0, 0.1) is 0 Å². The van der Waals surface area contributed by atoms with Crippen LogP contribution in [0.2, 0.25) is 0 Å².